The average Bonchev–Trinajstić information content (AvgIpc) is 2.99. The maximum atomic E-state index is 5.21. The van der Waals surface area contributed by atoms with Crippen molar-refractivity contribution < 1.29 is 4.74 Å². The topological polar surface area (TPSA) is 21.3 Å². The van der Waals surface area contributed by atoms with Crippen LogP contribution in [0.5, 0.6) is 5.75 Å². The summed E-state index contributed by atoms with van der Waals surface area (Å²) in [6.07, 6.45) is 1.28. The first kappa shape index (κ1) is 13.4. The predicted octanol–water partition coefficient (Wildman–Crippen LogP) is 3.36. The molecule has 0 amide bonds. The van der Waals surface area contributed by atoms with Crippen LogP contribution < -0.4 is 10.1 Å². The van der Waals surface area contributed by atoms with Crippen LogP contribution in [0.25, 0.3) is 0 Å². The molecule has 0 saturated heterocycles. The zero-order valence-electron chi connectivity index (χ0n) is 12.2. The van der Waals surface area contributed by atoms with E-state index in [9.17, 15) is 0 Å². The number of nitrogens with one attached hydrogen (secondary N) is 1. The fourth-order valence-electron chi connectivity index (χ4n) is 2.51. The Morgan fingerprint density at radius 2 is 1.89 bits per heavy atom. The Balaban J connectivity index is 1.97. The molecule has 2 heteroatoms. The Kier molecular flexibility index (Phi) is 3.41. The highest BCUT2D eigenvalue weighted by molar-refractivity contribution is 5.37. The van der Waals surface area contributed by atoms with Crippen LogP contribution in [0.3, 0.4) is 0 Å². The summed E-state index contributed by atoms with van der Waals surface area (Å²) in [6.45, 7) is 10.1. The first-order valence-electron chi connectivity index (χ1n) is 6.75. The number of hydrogen-bond donors (Lipinski definition) is 1. The van der Waals surface area contributed by atoms with Gasteiger partial charge in [-0.25, -0.2) is 0 Å². The van der Waals surface area contributed by atoms with Crippen LogP contribution in [-0.4, -0.2) is 19.2 Å². The summed E-state index contributed by atoms with van der Waals surface area (Å²) in [7, 11) is 1.71. The van der Waals surface area contributed by atoms with Crippen LogP contribution >= 0.6 is 0 Å². The van der Waals surface area contributed by atoms with Gasteiger partial charge in [0.25, 0.3) is 0 Å². The van der Waals surface area contributed by atoms with Crippen molar-refractivity contribution in [2.24, 2.45) is 5.92 Å². The quantitative estimate of drug-likeness (QED) is 0.881. The molecule has 0 radical (unpaired) electrons. The molecule has 1 fully saturated rings. The molecule has 1 aliphatic carbocycles. The first-order chi connectivity index (χ1) is 8.35. The van der Waals surface area contributed by atoms with E-state index in [0.29, 0.717) is 5.41 Å². The van der Waals surface area contributed by atoms with Gasteiger partial charge < -0.3 is 10.1 Å². The molecule has 1 aromatic rings. The second-order valence-corrected chi connectivity index (χ2v) is 6.68. The Bertz CT molecular complexity index is 404. The molecule has 0 heterocycles. The standard InChI is InChI=1S/C16H25NO/c1-15(2,3)17-11-13-10-16(13,4)12-6-8-14(18-5)9-7-12/h6-9,13,17H,10-11H2,1-5H3. The number of hydrogen-bond acceptors (Lipinski definition) is 2. The van der Waals surface area contributed by atoms with Crippen molar-refractivity contribution in [3.8, 4) is 5.75 Å². The molecule has 1 saturated carbocycles. The summed E-state index contributed by atoms with van der Waals surface area (Å²) in [5, 5.41) is 3.61. The minimum Gasteiger partial charge on any atom is -0.497 e. The van der Waals surface area contributed by atoms with Crippen molar-refractivity contribution in [2.45, 2.75) is 45.1 Å². The molecule has 1 aromatic carbocycles. The lowest BCUT2D eigenvalue weighted by Gasteiger charge is -2.21. The molecule has 0 spiro atoms. The van der Waals surface area contributed by atoms with E-state index in [2.05, 4.69) is 57.3 Å². The second-order valence-electron chi connectivity index (χ2n) is 6.68. The van der Waals surface area contributed by atoms with Gasteiger partial charge in [0.1, 0.15) is 5.75 Å². The molecule has 2 rings (SSSR count). The van der Waals surface area contributed by atoms with Gasteiger partial charge in [-0.3, -0.25) is 0 Å². The van der Waals surface area contributed by atoms with Gasteiger partial charge in [-0.1, -0.05) is 19.1 Å². The van der Waals surface area contributed by atoms with E-state index in [1.54, 1.807) is 7.11 Å². The minimum atomic E-state index is 0.212. The van der Waals surface area contributed by atoms with Gasteiger partial charge in [0.2, 0.25) is 0 Å². The molecule has 1 aliphatic rings. The molecule has 2 nitrogen and oxygen atoms in total. The molecule has 2 unspecified atom stereocenters. The van der Waals surface area contributed by atoms with E-state index in [1.807, 2.05) is 0 Å². The highest BCUT2D eigenvalue weighted by atomic mass is 16.5. The van der Waals surface area contributed by atoms with Crippen LogP contribution in [-0.2, 0) is 5.41 Å². The highest BCUT2D eigenvalue weighted by Gasteiger charge is 2.50. The summed E-state index contributed by atoms with van der Waals surface area (Å²) >= 11 is 0. The molecule has 1 N–H and O–H groups in total. The first-order valence-corrected chi connectivity index (χ1v) is 6.75. The van der Waals surface area contributed by atoms with Gasteiger partial charge in [-0.15, -0.1) is 0 Å². The normalized spacial score (nSPS) is 27.1. The highest BCUT2D eigenvalue weighted by Crippen LogP contribution is 2.53. The number of ether oxygens (including phenoxy) is 1. The van der Waals surface area contributed by atoms with E-state index in [-0.39, 0.29) is 5.54 Å². The van der Waals surface area contributed by atoms with Crippen molar-refractivity contribution in [3.63, 3.8) is 0 Å². The third kappa shape index (κ3) is 2.86. The van der Waals surface area contributed by atoms with E-state index in [0.717, 1.165) is 18.2 Å². The zero-order chi connectivity index (χ0) is 13.4. The van der Waals surface area contributed by atoms with Crippen molar-refractivity contribution >= 4 is 0 Å². The van der Waals surface area contributed by atoms with E-state index in [1.165, 1.54) is 12.0 Å². The van der Waals surface area contributed by atoms with Crippen LogP contribution in [0.4, 0.5) is 0 Å². The fraction of sp³-hybridized carbons (Fsp3) is 0.625. The minimum absolute atomic E-state index is 0.212. The van der Waals surface area contributed by atoms with E-state index < -0.39 is 0 Å². The maximum absolute atomic E-state index is 5.21. The van der Waals surface area contributed by atoms with Gasteiger partial charge in [-0.05, 0) is 62.8 Å². The van der Waals surface area contributed by atoms with E-state index in [4.69, 9.17) is 4.74 Å². The van der Waals surface area contributed by atoms with Gasteiger partial charge in [-0.2, -0.15) is 0 Å². The molecule has 2 atom stereocenters. The Labute approximate surface area is 111 Å². The van der Waals surface area contributed by atoms with Crippen LogP contribution in [0.1, 0.15) is 39.7 Å². The second kappa shape index (κ2) is 4.58. The summed E-state index contributed by atoms with van der Waals surface area (Å²) < 4.78 is 5.21. The van der Waals surface area contributed by atoms with Crippen molar-refractivity contribution in [1.82, 2.24) is 5.32 Å². The largest absolute Gasteiger partial charge is 0.497 e. The summed E-state index contributed by atoms with van der Waals surface area (Å²) in [6, 6.07) is 8.53. The summed E-state index contributed by atoms with van der Waals surface area (Å²) in [4.78, 5) is 0. The molecule has 100 valence electrons. The van der Waals surface area contributed by atoms with Crippen molar-refractivity contribution in [2.75, 3.05) is 13.7 Å². The number of methoxy groups -OCH3 is 1. The molecular formula is C16H25NO. The molecule has 0 bridgehead atoms. The molecule has 0 aromatic heterocycles. The lowest BCUT2D eigenvalue weighted by atomic mass is 9.95. The van der Waals surface area contributed by atoms with Gasteiger partial charge in [0, 0.05) is 5.54 Å². The van der Waals surface area contributed by atoms with Gasteiger partial charge >= 0.3 is 0 Å². The van der Waals surface area contributed by atoms with E-state index >= 15 is 0 Å². The fourth-order valence-corrected chi connectivity index (χ4v) is 2.51. The SMILES string of the molecule is COc1ccc(C2(C)CC2CNC(C)(C)C)cc1. The van der Waals surface area contributed by atoms with Gasteiger partial charge in [0.15, 0.2) is 0 Å². The third-order valence-corrected chi connectivity index (χ3v) is 4.04. The Morgan fingerprint density at radius 3 is 2.39 bits per heavy atom. The van der Waals surface area contributed by atoms with Crippen molar-refractivity contribution in [1.29, 1.82) is 0 Å². The predicted molar refractivity (Wildman–Crippen MR) is 76.2 cm³/mol. The van der Waals surface area contributed by atoms with Crippen LogP contribution in [0.15, 0.2) is 24.3 Å². The summed E-state index contributed by atoms with van der Waals surface area (Å²) in [5.74, 6) is 1.69. The van der Waals surface area contributed by atoms with Crippen LogP contribution in [0, 0.1) is 5.92 Å². The number of rotatable bonds is 4. The third-order valence-electron chi connectivity index (χ3n) is 4.04. The molecule has 0 aliphatic heterocycles. The van der Waals surface area contributed by atoms with Crippen LogP contribution in [0.2, 0.25) is 0 Å². The number of benzene rings is 1. The maximum Gasteiger partial charge on any atom is 0.118 e. The smallest absolute Gasteiger partial charge is 0.118 e. The zero-order valence-corrected chi connectivity index (χ0v) is 12.2. The van der Waals surface area contributed by atoms with Crippen molar-refractivity contribution in [3.05, 3.63) is 29.8 Å². The monoisotopic (exact) mass is 247 g/mol. The molecular weight excluding hydrogens is 222 g/mol. The Hall–Kier alpha value is -1.02. The Morgan fingerprint density at radius 1 is 1.28 bits per heavy atom. The lowest BCUT2D eigenvalue weighted by molar-refractivity contribution is 0.405. The summed E-state index contributed by atoms with van der Waals surface area (Å²) in [5.41, 5.74) is 2.00. The lowest BCUT2D eigenvalue weighted by Crippen LogP contribution is -2.37. The van der Waals surface area contributed by atoms with Gasteiger partial charge in [0.05, 0.1) is 7.11 Å². The average molecular weight is 247 g/mol. The molecule has 18 heavy (non-hydrogen) atoms.